The number of rotatable bonds is 4. The second kappa shape index (κ2) is 10.1. The number of fused-ring (bicyclic) bond motifs is 2. The zero-order valence-corrected chi connectivity index (χ0v) is 29.8. The first-order valence-corrected chi connectivity index (χ1v) is 29.1. The molecule has 0 saturated heterocycles. The first-order chi connectivity index (χ1) is 20.2. The molecule has 0 aromatic heterocycles. The van der Waals surface area contributed by atoms with Gasteiger partial charge in [-0.3, -0.25) is 0 Å². The second-order valence-corrected chi connectivity index (χ2v) is 40.0. The third-order valence-corrected chi connectivity index (χ3v) is 39.1. The molecule has 1 heteroatoms. The summed E-state index contributed by atoms with van der Waals surface area (Å²) in [5.41, 5.74) is 17.2. The van der Waals surface area contributed by atoms with Crippen molar-refractivity contribution in [2.75, 3.05) is 0 Å². The Hall–Kier alpha value is -2.90. The first-order valence-electron chi connectivity index (χ1n) is 16.0. The summed E-state index contributed by atoms with van der Waals surface area (Å²) in [5, 5.41) is 0. The Labute approximate surface area is 253 Å². The molecule has 2 unspecified atom stereocenters. The summed E-state index contributed by atoms with van der Waals surface area (Å²) >= 11 is -3.92. The van der Waals surface area contributed by atoms with Gasteiger partial charge in [0.1, 0.15) is 0 Å². The van der Waals surface area contributed by atoms with Gasteiger partial charge in [0.05, 0.1) is 0 Å². The van der Waals surface area contributed by atoms with E-state index in [4.69, 9.17) is 0 Å². The Balaban J connectivity index is 1.43. The second-order valence-electron chi connectivity index (χ2n) is 14.2. The van der Waals surface area contributed by atoms with E-state index in [9.17, 15) is 0 Å². The van der Waals surface area contributed by atoms with E-state index in [0.29, 0.717) is 7.35 Å². The molecule has 1 saturated carbocycles. The van der Waals surface area contributed by atoms with Crippen LogP contribution in [-0.4, -0.2) is 3.26 Å². The molecule has 0 amide bonds. The molecule has 7 rings (SSSR count). The van der Waals surface area contributed by atoms with E-state index >= 15 is 0 Å². The van der Waals surface area contributed by atoms with E-state index in [-0.39, 0.29) is 0 Å². The van der Waals surface area contributed by atoms with Gasteiger partial charge in [-0.25, -0.2) is 0 Å². The van der Waals surface area contributed by atoms with E-state index in [1.54, 1.807) is 11.1 Å². The summed E-state index contributed by atoms with van der Waals surface area (Å²) in [4.78, 5) is 0. The van der Waals surface area contributed by atoms with Crippen molar-refractivity contribution in [1.82, 2.24) is 0 Å². The molecule has 0 nitrogen and oxygen atoms in total. The van der Waals surface area contributed by atoms with E-state index in [0.717, 1.165) is 0 Å². The fourth-order valence-electron chi connectivity index (χ4n) is 9.00. The molecule has 1 fully saturated rings. The van der Waals surface area contributed by atoms with E-state index < -0.39 is 18.0 Å². The van der Waals surface area contributed by atoms with Gasteiger partial charge >= 0.3 is 255 Å². The number of benzene rings is 4. The first kappa shape index (κ1) is 27.9. The van der Waals surface area contributed by atoms with Crippen LogP contribution >= 0.6 is 0 Å². The van der Waals surface area contributed by atoms with Crippen molar-refractivity contribution >= 4 is 15.4 Å². The average Bonchev–Trinajstić information content (AvgIpc) is 3.76. The minimum absolute atomic E-state index is 0.528. The normalized spacial score (nSPS) is 19.5. The molecule has 4 aromatic rings. The predicted molar refractivity (Wildman–Crippen MR) is 181 cm³/mol. The Morgan fingerprint density at radius 1 is 0.524 bits per heavy atom. The SMILES string of the molecule is Cc1cccc(-c2cccc3c2C=C[CH]3[Hf]([CH3])([CH3])(=[C]2CCCC2)[CH]2C=Cc3c(-c4cccc(C)c4C)cccc32)c1C. The summed E-state index contributed by atoms with van der Waals surface area (Å²) in [6, 6.07) is 27.9. The molecule has 0 bridgehead atoms. The fourth-order valence-corrected chi connectivity index (χ4v) is 34.1. The Bertz CT molecular complexity index is 1760. The van der Waals surface area contributed by atoms with Gasteiger partial charge < -0.3 is 0 Å². The van der Waals surface area contributed by atoms with Gasteiger partial charge in [0.25, 0.3) is 0 Å². The van der Waals surface area contributed by atoms with Gasteiger partial charge in [-0.2, -0.15) is 0 Å². The van der Waals surface area contributed by atoms with Crippen LogP contribution in [0.1, 0.15) is 77.5 Å². The van der Waals surface area contributed by atoms with E-state index in [2.05, 4.69) is 134 Å². The van der Waals surface area contributed by atoms with Crippen LogP contribution in [0, 0.1) is 27.7 Å². The van der Waals surface area contributed by atoms with Crippen molar-refractivity contribution in [1.29, 1.82) is 0 Å². The van der Waals surface area contributed by atoms with Crippen molar-refractivity contribution in [3.05, 3.63) is 129 Å². The van der Waals surface area contributed by atoms with E-state index in [1.165, 1.54) is 81.3 Å². The summed E-state index contributed by atoms with van der Waals surface area (Å²) in [6.45, 7) is 9.05. The topological polar surface area (TPSA) is 0 Å². The Morgan fingerprint density at radius 3 is 1.38 bits per heavy atom. The molecule has 212 valence electrons. The van der Waals surface area contributed by atoms with Gasteiger partial charge in [0.15, 0.2) is 0 Å². The molecule has 0 radical (unpaired) electrons. The van der Waals surface area contributed by atoms with Crippen molar-refractivity contribution in [2.45, 2.75) is 70.1 Å². The molecule has 4 aromatic carbocycles. The molecule has 3 aliphatic rings. The quantitative estimate of drug-likeness (QED) is 0.185. The van der Waals surface area contributed by atoms with Crippen LogP contribution in [0.2, 0.25) is 9.36 Å². The average molecular weight is 715 g/mol. The van der Waals surface area contributed by atoms with Crippen molar-refractivity contribution in [3.8, 4) is 22.3 Å². The molecule has 2 atom stereocenters. The number of aryl methyl sites for hydroxylation is 2. The molecule has 0 N–H and O–H groups in total. The molecule has 0 aliphatic heterocycles. The number of hydrogen-bond acceptors (Lipinski definition) is 0. The van der Waals surface area contributed by atoms with Gasteiger partial charge in [-0.1, -0.05) is 0 Å². The summed E-state index contributed by atoms with van der Waals surface area (Å²) < 4.78 is 8.69. The fraction of sp³-hybridized carbons (Fsp3) is 0.293. The molecular formula is C41H44Hf. The van der Waals surface area contributed by atoms with Crippen LogP contribution in [0.5, 0.6) is 0 Å². The van der Waals surface area contributed by atoms with Crippen molar-refractivity contribution in [2.24, 2.45) is 0 Å². The van der Waals surface area contributed by atoms with Gasteiger partial charge in [-0.15, -0.1) is 0 Å². The van der Waals surface area contributed by atoms with Gasteiger partial charge in [-0.05, 0) is 0 Å². The molecule has 3 aliphatic carbocycles. The van der Waals surface area contributed by atoms with E-state index in [1.807, 2.05) is 3.26 Å². The van der Waals surface area contributed by atoms with Crippen LogP contribution in [-0.2, 0) is 18.0 Å². The summed E-state index contributed by atoms with van der Waals surface area (Å²) in [6.07, 6.45) is 15.7. The van der Waals surface area contributed by atoms with Gasteiger partial charge in [0.2, 0.25) is 0 Å². The van der Waals surface area contributed by atoms with Crippen molar-refractivity contribution in [3.63, 3.8) is 0 Å². The standard InChI is InChI=1S/2C17H15.C5H8.2CH3.Hf/c2*1-12-6-3-9-15(13(12)2)17-11-5-8-14-7-4-10-16(14)17;1-2-4-5-3-1;;;/h2*3-11H,1-2H3;1-4H2;2*1H3;. The number of allylic oxidation sites excluding steroid dienone is 2. The Kier molecular flexibility index (Phi) is 6.70. The number of hydrogen-bond donors (Lipinski definition) is 0. The maximum atomic E-state index is 2.83. The molecule has 0 spiro atoms. The van der Waals surface area contributed by atoms with Crippen LogP contribution in [0.4, 0.5) is 0 Å². The summed E-state index contributed by atoms with van der Waals surface area (Å²) in [7, 11) is 0. The summed E-state index contributed by atoms with van der Waals surface area (Å²) in [5.74, 6) is 0. The third-order valence-electron chi connectivity index (χ3n) is 11.9. The third kappa shape index (κ3) is 3.99. The van der Waals surface area contributed by atoms with Crippen LogP contribution in [0.15, 0.2) is 84.9 Å². The zero-order chi connectivity index (χ0) is 29.2. The monoisotopic (exact) mass is 716 g/mol. The van der Waals surface area contributed by atoms with Crippen molar-refractivity contribution < 1.29 is 18.0 Å². The predicted octanol–water partition coefficient (Wildman–Crippen LogP) is 11.6. The Morgan fingerprint density at radius 2 is 0.929 bits per heavy atom. The molecular weight excluding hydrogens is 671 g/mol. The van der Waals surface area contributed by atoms with Crippen LogP contribution in [0.25, 0.3) is 34.4 Å². The molecule has 0 heterocycles. The van der Waals surface area contributed by atoms with Gasteiger partial charge in [0, 0.05) is 0 Å². The minimum atomic E-state index is -3.92. The zero-order valence-electron chi connectivity index (χ0n) is 26.2. The van der Waals surface area contributed by atoms with Crippen LogP contribution < -0.4 is 0 Å². The maximum absolute atomic E-state index is 3.92. The van der Waals surface area contributed by atoms with Crippen LogP contribution in [0.3, 0.4) is 0 Å². The molecule has 42 heavy (non-hydrogen) atoms.